The Bertz CT molecular complexity index is 994. The van der Waals surface area contributed by atoms with Crippen molar-refractivity contribution in [2.24, 2.45) is 4.99 Å². The number of hydrogen-bond donors (Lipinski definition) is 1. The first kappa shape index (κ1) is 18.7. The molecule has 0 amide bonds. The van der Waals surface area contributed by atoms with Gasteiger partial charge in [0.1, 0.15) is 11.6 Å². The minimum Gasteiger partial charge on any atom is -0.435 e. The molecule has 1 fully saturated rings. The van der Waals surface area contributed by atoms with Gasteiger partial charge < -0.3 is 9.64 Å². The molecule has 148 valence electrons. The van der Waals surface area contributed by atoms with Crippen LogP contribution >= 0.6 is 0 Å². The molecule has 2 heterocycles. The summed E-state index contributed by atoms with van der Waals surface area (Å²) in [6, 6.07) is 13.2. The number of nitrogens with one attached hydrogen (secondary N) is 1. The molecule has 2 aromatic carbocycles. The summed E-state index contributed by atoms with van der Waals surface area (Å²) in [6.45, 7) is -1.42. The number of sulfonamides is 1. The van der Waals surface area contributed by atoms with Crippen LogP contribution in [0.5, 0.6) is 5.75 Å². The predicted octanol–water partition coefficient (Wildman–Crippen LogP) is 3.00. The average molecular weight is 407 g/mol. The Morgan fingerprint density at radius 3 is 2.64 bits per heavy atom. The zero-order chi connectivity index (χ0) is 19.7. The summed E-state index contributed by atoms with van der Waals surface area (Å²) in [5.74, 6) is 0.493. The van der Waals surface area contributed by atoms with Gasteiger partial charge in [-0.1, -0.05) is 12.1 Å². The molecule has 1 N–H and O–H groups in total. The molecule has 2 aromatic rings. The summed E-state index contributed by atoms with van der Waals surface area (Å²) in [4.78, 5) is 7.02. The van der Waals surface area contributed by atoms with Crippen molar-refractivity contribution in [1.82, 2.24) is 4.72 Å². The molecule has 0 saturated carbocycles. The minimum absolute atomic E-state index is 0.0744. The Morgan fingerprint density at radius 2 is 1.89 bits per heavy atom. The Labute approximate surface area is 161 Å². The highest BCUT2D eigenvalue weighted by Gasteiger charge is 2.31. The maximum atomic E-state index is 12.3. The lowest BCUT2D eigenvalue weighted by molar-refractivity contribution is -0.0498. The fourth-order valence-electron chi connectivity index (χ4n) is 3.55. The summed E-state index contributed by atoms with van der Waals surface area (Å²) < 4.78 is 56.0. The molecule has 2 aliphatic heterocycles. The number of alkyl halides is 2. The van der Waals surface area contributed by atoms with Crippen LogP contribution in [0.15, 0.2) is 58.4 Å². The standard InChI is InChI=1S/C19H19F2N3O3S/c20-19(21)27-15-9-7-14(8-10-15)24-11-3-4-13(12-24)22-18-16-5-1-2-6-17(16)28(25,26)23-18/h1-2,5-10,13,19H,3-4,11-12H2,(H,22,23). The van der Waals surface area contributed by atoms with Crippen LogP contribution in [0.4, 0.5) is 14.5 Å². The zero-order valence-corrected chi connectivity index (χ0v) is 15.7. The summed E-state index contributed by atoms with van der Waals surface area (Å²) >= 11 is 0. The van der Waals surface area contributed by atoms with E-state index in [0.29, 0.717) is 17.9 Å². The topological polar surface area (TPSA) is 71.0 Å². The third-order valence-electron chi connectivity index (χ3n) is 4.80. The van der Waals surface area contributed by atoms with Crippen LogP contribution in [0.3, 0.4) is 0 Å². The number of ether oxygens (including phenoxy) is 1. The van der Waals surface area contributed by atoms with Gasteiger partial charge in [0.05, 0.1) is 10.9 Å². The van der Waals surface area contributed by atoms with Crippen molar-refractivity contribution in [2.45, 2.75) is 30.4 Å². The summed E-state index contributed by atoms with van der Waals surface area (Å²) in [5.41, 5.74) is 1.48. The Balaban J connectivity index is 1.51. The number of hydrogen-bond acceptors (Lipinski definition) is 5. The van der Waals surface area contributed by atoms with Gasteiger partial charge in [-0.15, -0.1) is 0 Å². The summed E-state index contributed by atoms with van der Waals surface area (Å²) in [7, 11) is -3.56. The second-order valence-electron chi connectivity index (χ2n) is 6.69. The molecular formula is C19H19F2N3O3S. The molecule has 0 bridgehead atoms. The molecule has 1 atom stereocenters. The number of benzene rings is 2. The van der Waals surface area contributed by atoms with E-state index in [4.69, 9.17) is 0 Å². The van der Waals surface area contributed by atoms with Crippen molar-refractivity contribution in [3.8, 4) is 5.75 Å². The molecule has 6 nitrogen and oxygen atoms in total. The predicted molar refractivity (Wildman–Crippen MR) is 102 cm³/mol. The lowest BCUT2D eigenvalue weighted by atomic mass is 10.0. The number of piperidine rings is 1. The highest BCUT2D eigenvalue weighted by Crippen LogP contribution is 2.27. The lowest BCUT2D eigenvalue weighted by Gasteiger charge is -2.33. The van der Waals surface area contributed by atoms with Crippen molar-refractivity contribution < 1.29 is 21.9 Å². The van der Waals surface area contributed by atoms with Crippen molar-refractivity contribution in [3.05, 3.63) is 54.1 Å². The normalized spacial score (nSPS) is 22.2. The van der Waals surface area contributed by atoms with Crippen LogP contribution in [0, 0.1) is 0 Å². The second kappa shape index (κ2) is 7.38. The van der Waals surface area contributed by atoms with Crippen LogP contribution in [0.2, 0.25) is 0 Å². The van der Waals surface area contributed by atoms with E-state index in [0.717, 1.165) is 25.1 Å². The highest BCUT2D eigenvalue weighted by molar-refractivity contribution is 7.90. The van der Waals surface area contributed by atoms with E-state index < -0.39 is 16.6 Å². The van der Waals surface area contributed by atoms with E-state index in [1.54, 1.807) is 36.4 Å². The van der Waals surface area contributed by atoms with E-state index >= 15 is 0 Å². The third kappa shape index (κ3) is 3.80. The Morgan fingerprint density at radius 1 is 1.14 bits per heavy atom. The van der Waals surface area contributed by atoms with E-state index in [9.17, 15) is 17.2 Å². The van der Waals surface area contributed by atoms with E-state index in [1.165, 1.54) is 12.1 Å². The molecule has 28 heavy (non-hydrogen) atoms. The quantitative estimate of drug-likeness (QED) is 0.846. The van der Waals surface area contributed by atoms with Crippen LogP contribution in [-0.4, -0.2) is 40.0 Å². The van der Waals surface area contributed by atoms with Gasteiger partial charge in [0, 0.05) is 24.3 Å². The van der Waals surface area contributed by atoms with Crippen molar-refractivity contribution in [1.29, 1.82) is 0 Å². The van der Waals surface area contributed by atoms with Crippen LogP contribution < -0.4 is 14.4 Å². The second-order valence-corrected chi connectivity index (χ2v) is 8.34. The van der Waals surface area contributed by atoms with Crippen molar-refractivity contribution in [2.75, 3.05) is 18.0 Å². The molecule has 4 rings (SSSR count). The van der Waals surface area contributed by atoms with Gasteiger partial charge in [0.2, 0.25) is 0 Å². The largest absolute Gasteiger partial charge is 0.435 e. The summed E-state index contributed by atoms with van der Waals surface area (Å²) in [6.07, 6.45) is 1.74. The van der Waals surface area contributed by atoms with E-state index in [2.05, 4.69) is 19.4 Å². The smallest absolute Gasteiger partial charge is 0.387 e. The molecule has 1 unspecified atom stereocenters. The molecule has 0 aliphatic carbocycles. The number of nitrogens with zero attached hydrogens (tertiary/aromatic N) is 2. The fraction of sp³-hybridized carbons (Fsp3) is 0.316. The van der Waals surface area contributed by atoms with E-state index in [-0.39, 0.29) is 16.7 Å². The number of aliphatic imine (C=N–C) groups is 1. The average Bonchev–Trinajstić information content (AvgIpc) is 2.93. The monoisotopic (exact) mass is 407 g/mol. The first-order valence-electron chi connectivity index (χ1n) is 8.92. The maximum absolute atomic E-state index is 12.3. The Hall–Kier alpha value is -2.68. The molecular weight excluding hydrogens is 388 g/mol. The van der Waals surface area contributed by atoms with Gasteiger partial charge in [-0.3, -0.25) is 9.71 Å². The van der Waals surface area contributed by atoms with Gasteiger partial charge in [0.25, 0.3) is 10.0 Å². The Kier molecular flexibility index (Phi) is 4.92. The number of rotatable bonds is 4. The molecule has 0 aromatic heterocycles. The van der Waals surface area contributed by atoms with Crippen LogP contribution in [0.1, 0.15) is 18.4 Å². The molecule has 9 heteroatoms. The molecule has 2 aliphatic rings. The van der Waals surface area contributed by atoms with Crippen molar-refractivity contribution >= 4 is 21.5 Å². The zero-order valence-electron chi connectivity index (χ0n) is 14.9. The van der Waals surface area contributed by atoms with Gasteiger partial charge in [-0.2, -0.15) is 8.78 Å². The first-order chi connectivity index (χ1) is 13.4. The number of amidine groups is 1. The SMILES string of the molecule is O=S1(=O)NC(=NC2CCCN(c3ccc(OC(F)F)cc3)C2)c2ccccc21. The fourth-order valence-corrected chi connectivity index (χ4v) is 4.78. The maximum Gasteiger partial charge on any atom is 0.387 e. The van der Waals surface area contributed by atoms with Crippen molar-refractivity contribution in [3.63, 3.8) is 0 Å². The van der Waals surface area contributed by atoms with Crippen LogP contribution in [-0.2, 0) is 10.0 Å². The molecule has 0 spiro atoms. The molecule has 0 radical (unpaired) electrons. The summed E-state index contributed by atoms with van der Waals surface area (Å²) in [5, 5.41) is 0. The van der Waals surface area contributed by atoms with E-state index in [1.807, 2.05) is 0 Å². The number of fused-ring (bicyclic) bond motifs is 1. The first-order valence-corrected chi connectivity index (χ1v) is 10.4. The van der Waals surface area contributed by atoms with Crippen LogP contribution in [0.25, 0.3) is 0 Å². The van der Waals surface area contributed by atoms with Gasteiger partial charge >= 0.3 is 6.61 Å². The minimum atomic E-state index is -3.56. The number of anilines is 1. The number of halogens is 2. The molecule has 1 saturated heterocycles. The lowest BCUT2D eigenvalue weighted by Crippen LogP contribution is -2.38. The highest BCUT2D eigenvalue weighted by atomic mass is 32.2. The van der Waals surface area contributed by atoms with Gasteiger partial charge in [-0.25, -0.2) is 8.42 Å². The third-order valence-corrected chi connectivity index (χ3v) is 6.20. The van der Waals surface area contributed by atoms with Gasteiger partial charge in [-0.05, 0) is 49.2 Å². The van der Waals surface area contributed by atoms with Gasteiger partial charge in [0.15, 0.2) is 0 Å².